The Kier molecular flexibility index (Phi) is 6.11. The van der Waals surface area contributed by atoms with E-state index in [9.17, 15) is 14.4 Å². The van der Waals surface area contributed by atoms with Crippen LogP contribution < -0.4 is 10.9 Å². The van der Waals surface area contributed by atoms with Crippen LogP contribution in [0.2, 0.25) is 0 Å². The van der Waals surface area contributed by atoms with Gasteiger partial charge in [0.15, 0.2) is 5.69 Å². The number of carbonyl (C=O) groups is 2. The van der Waals surface area contributed by atoms with Crippen molar-refractivity contribution >= 4 is 17.6 Å². The number of anilines is 1. The zero-order valence-corrected chi connectivity index (χ0v) is 17.4. The van der Waals surface area contributed by atoms with Gasteiger partial charge < -0.3 is 10.1 Å². The highest BCUT2D eigenvalue weighted by molar-refractivity contribution is 6.07. The summed E-state index contributed by atoms with van der Waals surface area (Å²) in [7, 11) is 0. The second-order valence-electron chi connectivity index (χ2n) is 7.04. The number of nitrogens with zero attached hydrogens (tertiary/aromatic N) is 2. The van der Waals surface area contributed by atoms with Crippen LogP contribution in [0.5, 0.6) is 0 Å². The summed E-state index contributed by atoms with van der Waals surface area (Å²) in [6.45, 7) is 7.50. The Hall–Kier alpha value is -3.74. The fourth-order valence-electron chi connectivity index (χ4n) is 3.07. The molecule has 1 amide bonds. The van der Waals surface area contributed by atoms with Crippen LogP contribution in [0.4, 0.5) is 5.69 Å². The van der Waals surface area contributed by atoms with Gasteiger partial charge in [0.2, 0.25) is 0 Å². The predicted molar refractivity (Wildman–Crippen MR) is 114 cm³/mol. The number of rotatable bonds is 5. The molecule has 0 atom stereocenters. The average Bonchev–Trinajstić information content (AvgIpc) is 2.68. The fourth-order valence-corrected chi connectivity index (χ4v) is 3.07. The van der Waals surface area contributed by atoms with Gasteiger partial charge in [0, 0.05) is 11.6 Å². The average molecular weight is 405 g/mol. The van der Waals surface area contributed by atoms with Gasteiger partial charge in [-0.3, -0.25) is 9.59 Å². The Morgan fingerprint density at radius 2 is 1.60 bits per heavy atom. The van der Waals surface area contributed by atoms with E-state index >= 15 is 0 Å². The number of benzene rings is 2. The number of hydrogen-bond acceptors (Lipinski definition) is 5. The minimum atomic E-state index is -0.728. The van der Waals surface area contributed by atoms with Crippen molar-refractivity contribution in [3.8, 4) is 5.69 Å². The number of esters is 1. The molecule has 30 heavy (non-hydrogen) atoms. The fraction of sp³-hybridized carbons (Fsp3) is 0.217. The van der Waals surface area contributed by atoms with E-state index < -0.39 is 17.4 Å². The molecule has 7 nitrogen and oxygen atoms in total. The summed E-state index contributed by atoms with van der Waals surface area (Å²) < 4.78 is 6.19. The van der Waals surface area contributed by atoms with Crippen molar-refractivity contribution in [1.29, 1.82) is 0 Å². The Morgan fingerprint density at radius 3 is 2.20 bits per heavy atom. The number of nitrogens with one attached hydrogen (secondary N) is 1. The first-order chi connectivity index (χ1) is 14.3. The minimum absolute atomic E-state index is 0.00553. The Bertz CT molecular complexity index is 1140. The molecule has 1 N–H and O–H groups in total. The molecule has 0 aliphatic heterocycles. The first kappa shape index (κ1) is 21.0. The van der Waals surface area contributed by atoms with Gasteiger partial charge in [-0.25, -0.2) is 4.79 Å². The summed E-state index contributed by atoms with van der Waals surface area (Å²) in [5.74, 6) is -1.17. The van der Waals surface area contributed by atoms with E-state index in [4.69, 9.17) is 4.74 Å². The summed E-state index contributed by atoms with van der Waals surface area (Å²) >= 11 is 0. The molecule has 3 aromatic rings. The van der Waals surface area contributed by atoms with Crippen LogP contribution in [-0.4, -0.2) is 28.3 Å². The lowest BCUT2D eigenvalue weighted by Crippen LogP contribution is -2.27. The Morgan fingerprint density at radius 1 is 0.967 bits per heavy atom. The maximum Gasteiger partial charge on any atom is 0.360 e. The molecule has 0 saturated carbocycles. The van der Waals surface area contributed by atoms with Crippen molar-refractivity contribution in [3.63, 3.8) is 0 Å². The van der Waals surface area contributed by atoms with Gasteiger partial charge in [-0.15, -0.1) is 0 Å². The van der Waals surface area contributed by atoms with E-state index in [2.05, 4.69) is 10.4 Å². The normalized spacial score (nSPS) is 10.5. The third-order valence-electron chi connectivity index (χ3n) is 4.41. The molecular weight excluding hydrogens is 382 g/mol. The van der Waals surface area contributed by atoms with E-state index in [1.807, 2.05) is 39.0 Å². The molecule has 2 aromatic carbocycles. The molecule has 1 aromatic heterocycles. The zero-order chi connectivity index (χ0) is 21.8. The second kappa shape index (κ2) is 8.73. The topological polar surface area (TPSA) is 90.3 Å². The summed E-state index contributed by atoms with van der Waals surface area (Å²) in [5.41, 5.74) is 3.18. The van der Waals surface area contributed by atoms with E-state index in [1.165, 1.54) is 6.07 Å². The standard InChI is InChI=1S/C23H23N3O4/c1-5-30-23(29)21-19(24-22(28)17-11-15(3)10-16(4)12-17)13-20(27)26(25-21)18-8-6-14(2)7-9-18/h6-13H,5H2,1-4H3,(H,24,28). The van der Waals surface area contributed by atoms with E-state index in [-0.39, 0.29) is 18.0 Å². The molecule has 0 spiro atoms. The Labute approximate surface area is 174 Å². The SMILES string of the molecule is CCOC(=O)c1nn(-c2ccc(C)cc2)c(=O)cc1NC(=O)c1cc(C)cc(C)c1. The molecule has 0 radical (unpaired) electrons. The third kappa shape index (κ3) is 4.63. The quantitative estimate of drug-likeness (QED) is 0.655. The molecule has 0 unspecified atom stereocenters. The summed E-state index contributed by atoms with van der Waals surface area (Å²) in [6, 6.07) is 13.7. The highest BCUT2D eigenvalue weighted by atomic mass is 16.5. The second-order valence-corrected chi connectivity index (χ2v) is 7.04. The molecule has 0 aliphatic rings. The number of amides is 1. The van der Waals surface area contributed by atoms with Crippen LogP contribution in [-0.2, 0) is 4.74 Å². The van der Waals surface area contributed by atoms with Crippen molar-refractivity contribution in [2.24, 2.45) is 0 Å². The molecule has 1 heterocycles. The highest BCUT2D eigenvalue weighted by Crippen LogP contribution is 2.17. The van der Waals surface area contributed by atoms with E-state index in [0.717, 1.165) is 21.4 Å². The largest absolute Gasteiger partial charge is 0.461 e. The van der Waals surface area contributed by atoms with E-state index in [0.29, 0.717) is 11.3 Å². The molecule has 0 bridgehead atoms. The molecule has 7 heteroatoms. The summed E-state index contributed by atoms with van der Waals surface area (Å²) in [6.07, 6.45) is 0. The zero-order valence-electron chi connectivity index (χ0n) is 17.4. The number of hydrogen-bond donors (Lipinski definition) is 1. The van der Waals surface area contributed by atoms with Crippen LogP contribution in [0, 0.1) is 20.8 Å². The highest BCUT2D eigenvalue weighted by Gasteiger charge is 2.20. The predicted octanol–water partition coefficient (Wildman–Crippen LogP) is 3.59. The lowest BCUT2D eigenvalue weighted by molar-refractivity contribution is 0.0518. The van der Waals surface area contributed by atoms with Crippen molar-refractivity contribution < 1.29 is 14.3 Å². The molecular formula is C23H23N3O4. The van der Waals surface area contributed by atoms with Gasteiger partial charge >= 0.3 is 5.97 Å². The van der Waals surface area contributed by atoms with Crippen molar-refractivity contribution in [1.82, 2.24) is 9.78 Å². The summed E-state index contributed by atoms with van der Waals surface area (Å²) in [4.78, 5) is 37.9. The van der Waals surface area contributed by atoms with Crippen LogP contribution in [0.25, 0.3) is 5.69 Å². The van der Waals surface area contributed by atoms with Gasteiger partial charge in [0.05, 0.1) is 18.0 Å². The number of ether oxygens (including phenoxy) is 1. The molecule has 0 aliphatic carbocycles. The molecule has 0 saturated heterocycles. The van der Waals surface area contributed by atoms with Gasteiger partial charge in [0.1, 0.15) is 0 Å². The maximum absolute atomic E-state index is 12.8. The van der Waals surface area contributed by atoms with Crippen LogP contribution in [0.15, 0.2) is 53.3 Å². The smallest absolute Gasteiger partial charge is 0.360 e. The van der Waals surface area contributed by atoms with Crippen LogP contribution in [0.3, 0.4) is 0 Å². The van der Waals surface area contributed by atoms with Gasteiger partial charge in [-0.1, -0.05) is 34.9 Å². The van der Waals surface area contributed by atoms with Crippen molar-refractivity contribution in [2.45, 2.75) is 27.7 Å². The molecule has 3 rings (SSSR count). The lowest BCUT2D eigenvalue weighted by atomic mass is 10.1. The van der Waals surface area contributed by atoms with Gasteiger partial charge in [0.25, 0.3) is 11.5 Å². The minimum Gasteiger partial charge on any atom is -0.461 e. The van der Waals surface area contributed by atoms with Crippen LogP contribution >= 0.6 is 0 Å². The van der Waals surface area contributed by atoms with E-state index in [1.54, 1.807) is 31.2 Å². The number of carbonyl (C=O) groups excluding carboxylic acids is 2. The van der Waals surface area contributed by atoms with Gasteiger partial charge in [-0.2, -0.15) is 9.78 Å². The third-order valence-corrected chi connectivity index (χ3v) is 4.41. The number of aromatic nitrogens is 2. The van der Waals surface area contributed by atoms with Crippen molar-refractivity contribution in [2.75, 3.05) is 11.9 Å². The van der Waals surface area contributed by atoms with Gasteiger partial charge in [-0.05, 0) is 52.0 Å². The number of aryl methyl sites for hydroxylation is 3. The Balaban J connectivity index is 2.05. The van der Waals surface area contributed by atoms with Crippen molar-refractivity contribution in [3.05, 3.63) is 86.8 Å². The lowest BCUT2D eigenvalue weighted by Gasteiger charge is -2.13. The molecule has 154 valence electrons. The first-order valence-corrected chi connectivity index (χ1v) is 9.56. The first-order valence-electron chi connectivity index (χ1n) is 9.56. The molecule has 0 fully saturated rings. The maximum atomic E-state index is 12.8. The van der Waals surface area contributed by atoms with Crippen LogP contribution in [0.1, 0.15) is 44.5 Å². The monoisotopic (exact) mass is 405 g/mol. The summed E-state index contributed by atoms with van der Waals surface area (Å²) in [5, 5.41) is 6.82.